The molecule has 0 aromatic heterocycles. The molecule has 0 saturated heterocycles. The first-order chi connectivity index (χ1) is 5.70. The molecule has 0 fully saturated rings. The molecule has 70 valence electrons. The van der Waals surface area contributed by atoms with Crippen molar-refractivity contribution in [3.05, 3.63) is 12.7 Å². The lowest BCUT2D eigenvalue weighted by Crippen LogP contribution is -2.30. The van der Waals surface area contributed by atoms with Crippen LogP contribution in [0.4, 0.5) is 4.79 Å². The molecule has 0 spiro atoms. The molecule has 0 radical (unpaired) electrons. The fraction of sp³-hybridized carbons (Fsp3) is 0.667. The number of unbranched alkanes of at least 4 members (excludes halogenated alkanes) is 1. The summed E-state index contributed by atoms with van der Waals surface area (Å²) in [5.74, 6) is 0. The van der Waals surface area contributed by atoms with Crippen LogP contribution in [0.25, 0.3) is 0 Å². The van der Waals surface area contributed by atoms with Crippen molar-refractivity contribution < 1.29 is 4.79 Å². The molecule has 0 bridgehead atoms. The molecule has 0 aromatic carbocycles. The van der Waals surface area contributed by atoms with E-state index in [-0.39, 0.29) is 11.3 Å². The van der Waals surface area contributed by atoms with Crippen LogP contribution in [0.3, 0.4) is 0 Å². The number of rotatable bonds is 6. The number of hydrogen-bond donors (Lipinski definition) is 2. The molecule has 1 amide bonds. The summed E-state index contributed by atoms with van der Waals surface area (Å²) in [4.78, 5) is 10.6. The molecule has 3 heteroatoms. The first-order valence-electron chi connectivity index (χ1n) is 4.31. The minimum atomic E-state index is -0.252. The van der Waals surface area contributed by atoms with Gasteiger partial charge in [-0.05, 0) is 12.8 Å². The maximum Gasteiger partial charge on any atom is 0.276 e. The van der Waals surface area contributed by atoms with Gasteiger partial charge in [-0.3, -0.25) is 4.79 Å². The Hall–Kier alpha value is -0.440. The first-order valence-corrected chi connectivity index (χ1v) is 4.75. The zero-order chi connectivity index (χ0) is 9.40. The van der Waals surface area contributed by atoms with E-state index in [1.165, 1.54) is 0 Å². The van der Waals surface area contributed by atoms with E-state index >= 15 is 0 Å². The Bertz CT molecular complexity index is 147. The zero-order valence-electron chi connectivity index (χ0n) is 7.55. The van der Waals surface area contributed by atoms with Gasteiger partial charge >= 0.3 is 0 Å². The Morgan fingerprint density at radius 3 is 2.83 bits per heavy atom. The highest BCUT2D eigenvalue weighted by Crippen LogP contribution is 2.05. The topological polar surface area (TPSA) is 29.1 Å². The van der Waals surface area contributed by atoms with Gasteiger partial charge in [-0.15, -0.1) is 6.58 Å². The van der Waals surface area contributed by atoms with Gasteiger partial charge in [0.25, 0.3) is 5.24 Å². The third kappa shape index (κ3) is 6.28. The predicted molar refractivity (Wildman–Crippen MR) is 55.6 cm³/mol. The van der Waals surface area contributed by atoms with E-state index in [1.54, 1.807) is 0 Å². The van der Waals surface area contributed by atoms with Crippen LogP contribution in [0, 0.1) is 0 Å². The molecule has 2 nitrogen and oxygen atoms in total. The lowest BCUT2D eigenvalue weighted by molar-refractivity contribution is 0.257. The summed E-state index contributed by atoms with van der Waals surface area (Å²) in [6.45, 7) is 5.77. The van der Waals surface area contributed by atoms with Crippen LogP contribution in [0.5, 0.6) is 0 Å². The third-order valence-electron chi connectivity index (χ3n) is 1.68. The third-order valence-corrected chi connectivity index (χ3v) is 1.81. The van der Waals surface area contributed by atoms with E-state index in [2.05, 4.69) is 31.4 Å². The van der Waals surface area contributed by atoms with E-state index in [1.807, 2.05) is 6.08 Å². The Balaban J connectivity index is 3.68. The molecule has 0 aliphatic rings. The molecular weight excluding hydrogens is 170 g/mol. The quantitative estimate of drug-likeness (QED) is 0.486. The Labute approximate surface area is 79.8 Å². The summed E-state index contributed by atoms with van der Waals surface area (Å²) in [6, 6.07) is 0.215. The van der Waals surface area contributed by atoms with Crippen LogP contribution >= 0.6 is 12.6 Å². The lowest BCUT2D eigenvalue weighted by Gasteiger charge is -2.14. The van der Waals surface area contributed by atoms with Crippen molar-refractivity contribution in [3.63, 3.8) is 0 Å². The van der Waals surface area contributed by atoms with Gasteiger partial charge in [-0.2, -0.15) is 0 Å². The maximum absolute atomic E-state index is 10.6. The van der Waals surface area contributed by atoms with Gasteiger partial charge < -0.3 is 5.32 Å². The molecule has 0 aliphatic carbocycles. The second-order valence-electron chi connectivity index (χ2n) is 2.81. The summed E-state index contributed by atoms with van der Waals surface area (Å²) in [5, 5.41) is 2.52. The van der Waals surface area contributed by atoms with Gasteiger partial charge in [0.05, 0.1) is 0 Å². The van der Waals surface area contributed by atoms with Gasteiger partial charge in [0.2, 0.25) is 0 Å². The minimum absolute atomic E-state index is 0.215. The first kappa shape index (κ1) is 11.6. The number of hydrogen-bond acceptors (Lipinski definition) is 1. The van der Waals surface area contributed by atoms with E-state index in [0.717, 1.165) is 25.7 Å². The smallest absolute Gasteiger partial charge is 0.276 e. The molecule has 0 saturated carbocycles. The molecule has 0 aliphatic heterocycles. The Morgan fingerprint density at radius 1 is 1.75 bits per heavy atom. The van der Waals surface area contributed by atoms with Gasteiger partial charge in [-0.25, -0.2) is 0 Å². The number of thiol groups is 1. The predicted octanol–water partition coefficient (Wildman–Crippen LogP) is 2.76. The monoisotopic (exact) mass is 187 g/mol. The highest BCUT2D eigenvalue weighted by atomic mass is 32.1. The van der Waals surface area contributed by atoms with E-state index in [0.29, 0.717) is 0 Å². The van der Waals surface area contributed by atoms with Gasteiger partial charge in [0.15, 0.2) is 0 Å². The molecule has 12 heavy (non-hydrogen) atoms. The number of amides is 1. The van der Waals surface area contributed by atoms with Crippen LogP contribution in [-0.2, 0) is 0 Å². The van der Waals surface area contributed by atoms with Crippen LogP contribution < -0.4 is 5.32 Å². The second-order valence-corrected chi connectivity index (χ2v) is 3.22. The van der Waals surface area contributed by atoms with Gasteiger partial charge in [0.1, 0.15) is 0 Å². The van der Waals surface area contributed by atoms with Crippen LogP contribution in [0.1, 0.15) is 32.6 Å². The molecule has 1 unspecified atom stereocenters. The van der Waals surface area contributed by atoms with Gasteiger partial charge in [-0.1, -0.05) is 38.5 Å². The fourth-order valence-electron chi connectivity index (χ4n) is 1.08. The summed E-state index contributed by atoms with van der Waals surface area (Å²) < 4.78 is 0. The number of carbonyl (C=O) groups is 1. The fourth-order valence-corrected chi connectivity index (χ4v) is 1.26. The van der Waals surface area contributed by atoms with Crippen LogP contribution in [0.15, 0.2) is 12.7 Å². The largest absolute Gasteiger partial charge is 0.344 e. The van der Waals surface area contributed by atoms with Crippen LogP contribution in [0.2, 0.25) is 0 Å². The van der Waals surface area contributed by atoms with Crippen molar-refractivity contribution in [2.24, 2.45) is 0 Å². The Kier molecular flexibility index (Phi) is 6.96. The molecule has 1 atom stereocenters. The zero-order valence-corrected chi connectivity index (χ0v) is 8.44. The molecule has 0 rings (SSSR count). The average molecular weight is 187 g/mol. The number of carbonyl (C=O) groups excluding carboxylic acids is 1. The van der Waals surface area contributed by atoms with E-state index < -0.39 is 0 Å². The normalized spacial score (nSPS) is 12.2. The SMILES string of the molecule is C=CCC(CCCC)NC(=O)S. The van der Waals surface area contributed by atoms with Crippen LogP contribution in [-0.4, -0.2) is 11.3 Å². The summed E-state index contributed by atoms with van der Waals surface area (Å²) in [6.07, 6.45) is 5.94. The average Bonchev–Trinajstić information content (AvgIpc) is 2.00. The van der Waals surface area contributed by atoms with Gasteiger partial charge in [0, 0.05) is 6.04 Å². The van der Waals surface area contributed by atoms with E-state index in [4.69, 9.17) is 0 Å². The summed E-state index contributed by atoms with van der Waals surface area (Å²) in [7, 11) is 0. The van der Waals surface area contributed by atoms with Crippen molar-refractivity contribution >= 4 is 17.9 Å². The van der Waals surface area contributed by atoms with Crippen molar-refractivity contribution in [2.45, 2.75) is 38.6 Å². The molecule has 0 heterocycles. The Morgan fingerprint density at radius 2 is 2.42 bits per heavy atom. The second kappa shape index (κ2) is 7.22. The number of nitrogens with one attached hydrogen (secondary N) is 1. The lowest BCUT2D eigenvalue weighted by atomic mass is 10.1. The highest BCUT2D eigenvalue weighted by Gasteiger charge is 2.06. The van der Waals surface area contributed by atoms with E-state index in [9.17, 15) is 4.79 Å². The molecule has 1 N–H and O–H groups in total. The van der Waals surface area contributed by atoms with Crippen molar-refractivity contribution in [3.8, 4) is 0 Å². The van der Waals surface area contributed by atoms with Crippen molar-refractivity contribution in [2.75, 3.05) is 0 Å². The molecular formula is C9H17NOS. The standard InChI is InChI=1S/C9H17NOS/c1-3-5-7-8(6-4-2)10-9(11)12/h4,8H,2-3,5-7H2,1H3,(H2,10,11,12). The summed E-state index contributed by atoms with van der Waals surface area (Å²) >= 11 is 3.67. The summed E-state index contributed by atoms with van der Waals surface area (Å²) in [5.41, 5.74) is 0. The highest BCUT2D eigenvalue weighted by molar-refractivity contribution is 7.96. The maximum atomic E-state index is 10.6. The van der Waals surface area contributed by atoms with Crippen molar-refractivity contribution in [1.82, 2.24) is 5.32 Å². The molecule has 0 aromatic rings. The minimum Gasteiger partial charge on any atom is -0.344 e. The van der Waals surface area contributed by atoms with Crippen molar-refractivity contribution in [1.29, 1.82) is 0 Å².